The van der Waals surface area contributed by atoms with Gasteiger partial charge in [-0.3, -0.25) is 13.8 Å². The van der Waals surface area contributed by atoms with Crippen molar-refractivity contribution in [3.63, 3.8) is 0 Å². The molecule has 0 rings (SSSR count). The maximum Gasteiger partial charge on any atom is 0.472 e. The van der Waals surface area contributed by atoms with Crippen molar-refractivity contribution >= 4 is 13.7 Å². The summed E-state index contributed by atoms with van der Waals surface area (Å²) in [5.74, 6) is -0.182. The van der Waals surface area contributed by atoms with Crippen LogP contribution in [0.15, 0.2) is 36.5 Å². The van der Waals surface area contributed by atoms with Crippen molar-refractivity contribution in [2.75, 3.05) is 40.9 Å². The van der Waals surface area contributed by atoms with Crippen LogP contribution in [0.1, 0.15) is 328 Å². The number of hydrogen-bond acceptors (Lipinski definition) is 5. The average Bonchev–Trinajstić information content (AvgIpc) is 3.37. The predicted octanol–water partition coefficient (Wildman–Crippen LogP) is 20.5. The number of nitrogens with one attached hydrogen (secondary N) is 1. The van der Waals surface area contributed by atoms with E-state index in [1.807, 2.05) is 27.2 Å². The van der Waals surface area contributed by atoms with Crippen LogP contribution >= 0.6 is 7.82 Å². The molecule has 0 spiro atoms. The summed E-state index contributed by atoms with van der Waals surface area (Å²) in [6.07, 6.45) is 75.8. The molecule has 0 saturated heterocycles. The minimum absolute atomic E-state index is 0.0575. The van der Waals surface area contributed by atoms with Gasteiger partial charge in [0.1, 0.15) is 13.2 Å². The fraction of sp³-hybridized carbons (Fsp3) is 0.894. The number of aliphatic hydroxyl groups is 1. The van der Waals surface area contributed by atoms with Gasteiger partial charge in [0.25, 0.3) is 0 Å². The van der Waals surface area contributed by atoms with Crippen molar-refractivity contribution < 1.29 is 32.9 Å². The summed E-state index contributed by atoms with van der Waals surface area (Å²) in [6.45, 7) is 4.83. The molecule has 0 radical (unpaired) electrons. The number of likely N-dealkylation sites (N-methyl/N-ethyl adjacent to an activating group) is 1. The number of carbonyl (C=O) groups is 1. The molecule has 0 heterocycles. The predicted molar refractivity (Wildman–Crippen MR) is 328 cm³/mol. The first kappa shape index (κ1) is 73.7. The number of unbranched alkanes of at least 4 members (excludes halogenated alkanes) is 44. The molecule has 75 heavy (non-hydrogen) atoms. The number of nitrogens with zero attached hydrogens (tertiary/aromatic N) is 1. The molecule has 0 aromatic carbocycles. The first-order chi connectivity index (χ1) is 36.5. The van der Waals surface area contributed by atoms with E-state index < -0.39 is 20.0 Å². The van der Waals surface area contributed by atoms with E-state index in [4.69, 9.17) is 9.05 Å². The Morgan fingerprint density at radius 3 is 1.07 bits per heavy atom. The number of phosphoric acid groups is 1. The van der Waals surface area contributed by atoms with Gasteiger partial charge in [0.2, 0.25) is 5.91 Å². The third-order valence-corrected chi connectivity index (χ3v) is 16.1. The van der Waals surface area contributed by atoms with Crippen LogP contribution in [-0.4, -0.2) is 73.4 Å². The Labute approximate surface area is 467 Å². The SMILES string of the molecule is CCCCCCCCCCCC/C=C/CC/C=C/C(O)C(COP(=O)(O)OCC[N+](C)(C)C)NC(=O)CCCCCCCCCCCCCCCCCCC/C=C\CCCCCCCCCCCCCCCCCC. The Morgan fingerprint density at radius 1 is 0.440 bits per heavy atom. The van der Waals surface area contributed by atoms with E-state index in [2.05, 4.69) is 43.5 Å². The standard InChI is InChI=1S/C66H129N2O6P/c1-6-8-10-12-14-16-18-20-22-24-25-26-27-28-29-30-31-32-33-34-35-36-37-38-39-40-41-42-43-44-46-48-50-52-54-56-58-60-66(70)67-64(63-74-75(71,72)73-62-61-68(3,4)5)65(69)59-57-55-53-51-49-47-45-23-21-19-17-15-13-11-9-7-2/h32-33,49,51,57,59,64-65,69H,6-31,34-48,50,52-56,58,60-63H2,1-5H3,(H-,67,70,71,72)/p+1/b33-32-,51-49+,59-57+. The molecule has 0 bridgehead atoms. The number of allylic oxidation sites excluding steroid dienone is 5. The molecule has 8 nitrogen and oxygen atoms in total. The normalized spacial score (nSPS) is 14.0. The topological polar surface area (TPSA) is 105 Å². The molecule has 0 aliphatic carbocycles. The summed E-state index contributed by atoms with van der Waals surface area (Å²) < 4.78 is 23.7. The number of rotatable bonds is 61. The van der Waals surface area contributed by atoms with Crippen LogP contribution in [0, 0.1) is 0 Å². The van der Waals surface area contributed by atoms with Crippen molar-refractivity contribution in [1.82, 2.24) is 5.32 Å². The molecular formula is C66H130N2O6P+. The van der Waals surface area contributed by atoms with E-state index in [1.165, 1.54) is 270 Å². The molecular weight excluding hydrogens is 948 g/mol. The molecule has 0 aliphatic heterocycles. The lowest BCUT2D eigenvalue weighted by atomic mass is 10.0. The van der Waals surface area contributed by atoms with Gasteiger partial charge in [0, 0.05) is 6.42 Å². The Balaban J connectivity index is 3.96. The van der Waals surface area contributed by atoms with Crippen molar-refractivity contribution in [2.24, 2.45) is 0 Å². The fourth-order valence-electron chi connectivity index (χ4n) is 9.94. The zero-order valence-corrected chi connectivity index (χ0v) is 51.7. The first-order valence-electron chi connectivity index (χ1n) is 32.9. The first-order valence-corrected chi connectivity index (χ1v) is 34.4. The molecule has 0 aromatic rings. The van der Waals surface area contributed by atoms with Crippen LogP contribution in [0.2, 0.25) is 0 Å². The zero-order valence-electron chi connectivity index (χ0n) is 50.8. The van der Waals surface area contributed by atoms with Gasteiger partial charge in [-0.2, -0.15) is 0 Å². The highest BCUT2D eigenvalue weighted by Crippen LogP contribution is 2.43. The summed E-state index contributed by atoms with van der Waals surface area (Å²) in [5.41, 5.74) is 0. The largest absolute Gasteiger partial charge is 0.472 e. The Hall–Kier alpha value is -1.28. The van der Waals surface area contributed by atoms with Gasteiger partial charge >= 0.3 is 7.82 Å². The van der Waals surface area contributed by atoms with E-state index in [0.717, 1.165) is 38.5 Å². The number of quaternary nitrogens is 1. The van der Waals surface area contributed by atoms with Crippen LogP contribution in [0.25, 0.3) is 0 Å². The Kier molecular flexibility index (Phi) is 56.4. The number of amides is 1. The molecule has 1 amide bonds. The van der Waals surface area contributed by atoms with Crippen molar-refractivity contribution in [1.29, 1.82) is 0 Å². The van der Waals surface area contributed by atoms with Gasteiger partial charge in [-0.05, 0) is 57.8 Å². The smallest absolute Gasteiger partial charge is 0.387 e. The quantitative estimate of drug-likeness (QED) is 0.0243. The average molecular weight is 1080 g/mol. The van der Waals surface area contributed by atoms with Crippen molar-refractivity contribution in [3.05, 3.63) is 36.5 Å². The second-order valence-electron chi connectivity index (χ2n) is 23.8. The third-order valence-electron chi connectivity index (χ3n) is 15.1. The lowest BCUT2D eigenvalue weighted by Gasteiger charge is -2.25. The minimum atomic E-state index is -4.35. The Bertz CT molecular complexity index is 1320. The van der Waals surface area contributed by atoms with Crippen LogP contribution in [0.3, 0.4) is 0 Å². The highest BCUT2D eigenvalue weighted by atomic mass is 31.2. The van der Waals surface area contributed by atoms with E-state index in [0.29, 0.717) is 17.4 Å². The summed E-state index contributed by atoms with van der Waals surface area (Å²) in [4.78, 5) is 23.3. The van der Waals surface area contributed by atoms with Crippen LogP contribution in [-0.2, 0) is 18.4 Å². The van der Waals surface area contributed by atoms with E-state index in [-0.39, 0.29) is 19.1 Å². The molecule has 0 saturated carbocycles. The van der Waals surface area contributed by atoms with Gasteiger partial charge < -0.3 is 19.8 Å². The monoisotopic (exact) mass is 1080 g/mol. The molecule has 9 heteroatoms. The summed E-state index contributed by atoms with van der Waals surface area (Å²) in [5, 5.41) is 13.9. The second kappa shape index (κ2) is 57.4. The number of aliphatic hydroxyl groups excluding tert-OH is 1. The highest BCUT2D eigenvalue weighted by molar-refractivity contribution is 7.47. The van der Waals surface area contributed by atoms with Crippen LogP contribution in [0.4, 0.5) is 0 Å². The van der Waals surface area contributed by atoms with E-state index >= 15 is 0 Å². The zero-order chi connectivity index (χ0) is 54.9. The van der Waals surface area contributed by atoms with Crippen LogP contribution in [0.5, 0.6) is 0 Å². The van der Waals surface area contributed by atoms with E-state index in [1.54, 1.807) is 6.08 Å². The minimum Gasteiger partial charge on any atom is -0.387 e. The molecule has 0 aromatic heterocycles. The number of carbonyl (C=O) groups excluding carboxylic acids is 1. The molecule has 0 fully saturated rings. The van der Waals surface area contributed by atoms with Crippen molar-refractivity contribution in [2.45, 2.75) is 341 Å². The van der Waals surface area contributed by atoms with Crippen LogP contribution < -0.4 is 5.32 Å². The van der Waals surface area contributed by atoms with Gasteiger partial charge in [0.15, 0.2) is 0 Å². The molecule has 444 valence electrons. The van der Waals surface area contributed by atoms with Gasteiger partial charge in [-0.15, -0.1) is 0 Å². The number of hydrogen-bond donors (Lipinski definition) is 3. The second-order valence-corrected chi connectivity index (χ2v) is 25.3. The maximum absolute atomic E-state index is 13.0. The fourth-order valence-corrected chi connectivity index (χ4v) is 10.7. The molecule has 0 aliphatic rings. The van der Waals surface area contributed by atoms with Crippen molar-refractivity contribution in [3.8, 4) is 0 Å². The van der Waals surface area contributed by atoms with E-state index in [9.17, 15) is 19.4 Å². The molecule has 3 N–H and O–H groups in total. The molecule has 3 atom stereocenters. The summed E-state index contributed by atoms with van der Waals surface area (Å²) >= 11 is 0. The molecule has 3 unspecified atom stereocenters. The van der Waals surface area contributed by atoms with Gasteiger partial charge in [-0.25, -0.2) is 4.57 Å². The van der Waals surface area contributed by atoms with Gasteiger partial charge in [-0.1, -0.05) is 301 Å². The lowest BCUT2D eigenvalue weighted by molar-refractivity contribution is -0.870. The number of phosphoric ester groups is 1. The summed E-state index contributed by atoms with van der Waals surface area (Å²) in [6, 6.07) is -0.862. The lowest BCUT2D eigenvalue weighted by Crippen LogP contribution is -2.45. The summed E-state index contributed by atoms with van der Waals surface area (Å²) in [7, 11) is 1.57. The van der Waals surface area contributed by atoms with Gasteiger partial charge in [0.05, 0.1) is 39.9 Å². The Morgan fingerprint density at radius 2 is 0.733 bits per heavy atom. The highest BCUT2D eigenvalue weighted by Gasteiger charge is 2.28. The third kappa shape index (κ3) is 60.2. The maximum atomic E-state index is 13.0.